The molecule has 77 heavy (non-hydrogen) atoms. The molecular formula is C52H76MgO24+2. The Kier molecular flexibility index (Phi) is 20.1. The Morgan fingerprint density at radius 2 is 1.23 bits per heavy atom. The summed E-state index contributed by atoms with van der Waals surface area (Å²) in [6.07, 6.45) is -26.9. The van der Waals surface area contributed by atoms with E-state index in [2.05, 4.69) is 0 Å². The van der Waals surface area contributed by atoms with E-state index in [-0.39, 0.29) is 94.8 Å². The number of rotatable bonds is 15. The summed E-state index contributed by atoms with van der Waals surface area (Å²) in [6, 6.07) is 3.03. The Hall–Kier alpha value is -2.55. The quantitative estimate of drug-likeness (QED) is 0.0989. The molecule has 11 N–H and O–H groups in total. The SMILES string of the molecule is COC(C(=O)C(O)C(C)O)C1Cc2cc3cc(OC4CC(OC5CC(O)C(O)C(C)O5)C(O)C(C)O4)c(C)c(O)c3c(O)c2C(=O)C1OC1CC(OC2CC(O)C(OC3CC(C)(O)C(O)C(C)O3)C(C)O2)C(O)C(C)O1.[Mg+2]. The second-order valence-electron chi connectivity index (χ2n) is 21.7. The average molecular weight is 1110 g/mol. The minimum atomic E-state index is -1.94. The van der Waals surface area contributed by atoms with Gasteiger partial charge >= 0.3 is 23.1 Å². The van der Waals surface area contributed by atoms with Crippen LogP contribution in [0.2, 0.25) is 0 Å². The van der Waals surface area contributed by atoms with Crippen molar-refractivity contribution >= 4 is 45.4 Å². The number of methoxy groups -OCH3 is 1. The summed E-state index contributed by atoms with van der Waals surface area (Å²) >= 11 is 0. The van der Waals surface area contributed by atoms with Gasteiger partial charge in [0.1, 0.15) is 66.1 Å². The maximum Gasteiger partial charge on any atom is 2.00 e. The minimum absolute atomic E-state index is 0. The maximum atomic E-state index is 15.0. The Balaban J connectivity index is 0.00000861. The van der Waals surface area contributed by atoms with Crippen LogP contribution in [0.4, 0.5) is 0 Å². The van der Waals surface area contributed by atoms with Gasteiger partial charge in [-0.05, 0) is 84.9 Å². The molecule has 2 aromatic rings. The molecule has 0 saturated carbocycles. The molecule has 0 amide bonds. The molecule has 25 unspecified atom stereocenters. The number of Topliss-reactive ketones (excluding diaryl/α,β-unsaturated/α-hetero) is 2. The van der Waals surface area contributed by atoms with Gasteiger partial charge in [0.2, 0.25) is 6.29 Å². The topological polar surface area (TPSA) is 358 Å². The number of aliphatic hydroxyl groups is 9. The second kappa shape index (κ2) is 24.9. The van der Waals surface area contributed by atoms with Crippen LogP contribution in [0.3, 0.4) is 0 Å². The van der Waals surface area contributed by atoms with Gasteiger partial charge < -0.3 is 108 Å². The summed E-state index contributed by atoms with van der Waals surface area (Å²) < 4.78 is 66.4. The van der Waals surface area contributed by atoms with E-state index in [1.54, 1.807) is 27.7 Å². The number of ketones is 2. The molecule has 5 heterocycles. The number of carbonyl (C=O) groups is 2. The van der Waals surface area contributed by atoms with Gasteiger partial charge in [0.25, 0.3) is 0 Å². The first-order chi connectivity index (χ1) is 35.7. The van der Waals surface area contributed by atoms with Crippen molar-refractivity contribution in [1.82, 2.24) is 0 Å². The number of phenols is 2. The molecule has 6 aliphatic rings. The number of aliphatic hydroxyl groups excluding tert-OH is 8. The number of benzene rings is 2. The van der Waals surface area contributed by atoms with Crippen LogP contribution in [0, 0.1) is 12.8 Å². The zero-order chi connectivity index (χ0) is 55.6. The summed E-state index contributed by atoms with van der Waals surface area (Å²) in [6.45, 7) is 12.1. The third kappa shape index (κ3) is 12.9. The molecule has 2 aromatic carbocycles. The second-order valence-corrected chi connectivity index (χ2v) is 21.7. The van der Waals surface area contributed by atoms with Gasteiger partial charge in [0.05, 0.1) is 77.6 Å². The molecule has 0 radical (unpaired) electrons. The van der Waals surface area contributed by atoms with E-state index in [4.69, 9.17) is 52.1 Å². The first-order valence-corrected chi connectivity index (χ1v) is 26.0. The van der Waals surface area contributed by atoms with Crippen LogP contribution in [-0.4, -0.2) is 245 Å². The minimum Gasteiger partial charge on any atom is -0.507 e. The molecule has 0 spiro atoms. The zero-order valence-corrected chi connectivity index (χ0v) is 46.1. The van der Waals surface area contributed by atoms with E-state index in [1.165, 1.54) is 46.9 Å². The van der Waals surface area contributed by atoms with E-state index in [0.29, 0.717) is 0 Å². The first kappa shape index (κ1) is 62.1. The van der Waals surface area contributed by atoms with Crippen LogP contribution in [0.1, 0.15) is 102 Å². The maximum absolute atomic E-state index is 15.0. The molecular weight excluding hydrogens is 1030 g/mol. The summed E-state index contributed by atoms with van der Waals surface area (Å²) in [5, 5.41) is 120. The average Bonchev–Trinajstić information content (AvgIpc) is 3.38. The standard InChI is InChI=1S/C52H76O24.Mg/c1-18-30(72-35-15-31(43(59)21(4)68-35)73-33-13-28(54)42(58)20(3)67-33)12-26-10-25-11-27(49(66-9)47(63)41(57)19(2)53)50(46(62)39(25)45(61)38(26)40(18)56)75-36-16-32(44(60)22(5)69-36)74-34-14-29(55)48(23(6)70-34)76-37-17-52(8,65)51(64)24(7)71-37;/h10,12,19-24,27-29,31-37,41-44,48-51,53-61,64-65H,11,13-17H2,1-9H3;/q;+2. The summed E-state index contributed by atoms with van der Waals surface area (Å²) in [5.41, 5.74) is -1.44. The first-order valence-electron chi connectivity index (χ1n) is 26.0. The normalized spacial score (nSPS) is 41.9. The van der Waals surface area contributed by atoms with Gasteiger partial charge in [-0.15, -0.1) is 0 Å². The monoisotopic (exact) mass is 1110 g/mol. The predicted molar refractivity (Wildman–Crippen MR) is 264 cm³/mol. The molecule has 0 bridgehead atoms. The van der Waals surface area contributed by atoms with E-state index in [1.807, 2.05) is 0 Å². The van der Waals surface area contributed by atoms with E-state index in [9.17, 15) is 65.8 Å². The third-order valence-electron chi connectivity index (χ3n) is 15.9. The third-order valence-corrected chi connectivity index (χ3v) is 15.9. The number of ether oxygens (including phenoxy) is 11. The predicted octanol–water partition coefficient (Wildman–Crippen LogP) is -0.630. The Bertz CT molecular complexity index is 2350. The van der Waals surface area contributed by atoms with Crippen LogP contribution in [0.5, 0.6) is 17.2 Å². The summed E-state index contributed by atoms with van der Waals surface area (Å²) in [5.74, 6) is -4.06. The van der Waals surface area contributed by atoms with Gasteiger partial charge in [-0.3, -0.25) is 9.59 Å². The fraction of sp³-hybridized carbons (Fsp3) is 0.769. The van der Waals surface area contributed by atoms with Gasteiger partial charge in [0, 0.05) is 50.7 Å². The van der Waals surface area contributed by atoms with E-state index in [0.717, 1.165) is 0 Å². The van der Waals surface area contributed by atoms with E-state index >= 15 is 0 Å². The molecule has 5 saturated heterocycles. The van der Waals surface area contributed by atoms with Crippen molar-refractivity contribution in [3.63, 3.8) is 0 Å². The van der Waals surface area contributed by atoms with Crippen LogP contribution in [-0.2, 0) is 58.6 Å². The van der Waals surface area contributed by atoms with Crippen molar-refractivity contribution in [2.24, 2.45) is 5.92 Å². The molecule has 25 atom stereocenters. The molecule has 25 heteroatoms. The molecule has 5 aliphatic heterocycles. The molecule has 1 aliphatic carbocycles. The van der Waals surface area contributed by atoms with Gasteiger partial charge in [0.15, 0.2) is 36.7 Å². The van der Waals surface area contributed by atoms with Crippen molar-refractivity contribution in [3.05, 3.63) is 28.8 Å². The number of fused-ring (bicyclic) bond motifs is 2. The summed E-state index contributed by atoms with van der Waals surface area (Å²) in [7, 11) is 1.18. The number of phenolic OH excluding ortho intramolecular Hbond substituents is 2. The molecule has 24 nitrogen and oxygen atoms in total. The number of hydrogen-bond acceptors (Lipinski definition) is 24. The fourth-order valence-electron chi connectivity index (χ4n) is 11.4. The van der Waals surface area contributed by atoms with Crippen molar-refractivity contribution in [2.45, 2.75) is 241 Å². The number of aromatic hydroxyl groups is 2. The fourth-order valence-corrected chi connectivity index (χ4v) is 11.4. The van der Waals surface area contributed by atoms with Crippen molar-refractivity contribution in [3.8, 4) is 17.2 Å². The van der Waals surface area contributed by atoms with Crippen LogP contribution >= 0.6 is 0 Å². The van der Waals surface area contributed by atoms with Crippen molar-refractivity contribution in [2.75, 3.05) is 7.11 Å². The Labute approximate surface area is 461 Å². The number of hydrogen-bond donors (Lipinski definition) is 11. The van der Waals surface area contributed by atoms with Gasteiger partial charge in [-0.1, -0.05) is 0 Å². The Morgan fingerprint density at radius 3 is 1.79 bits per heavy atom. The smallest absolute Gasteiger partial charge is 0.507 e. The van der Waals surface area contributed by atoms with Gasteiger partial charge in [-0.25, -0.2) is 0 Å². The van der Waals surface area contributed by atoms with Crippen LogP contribution in [0.15, 0.2) is 12.1 Å². The van der Waals surface area contributed by atoms with Crippen LogP contribution < -0.4 is 4.74 Å². The molecule has 428 valence electrons. The molecule has 5 fully saturated rings. The van der Waals surface area contributed by atoms with Gasteiger partial charge in [-0.2, -0.15) is 0 Å². The van der Waals surface area contributed by atoms with Crippen LogP contribution in [0.25, 0.3) is 10.8 Å². The molecule has 0 aromatic heterocycles. The zero-order valence-electron chi connectivity index (χ0n) is 44.7. The largest absolute Gasteiger partial charge is 2.00 e. The van der Waals surface area contributed by atoms with Crippen molar-refractivity contribution in [1.29, 1.82) is 0 Å². The summed E-state index contributed by atoms with van der Waals surface area (Å²) in [4.78, 5) is 28.9. The molecule has 8 rings (SSSR count). The Morgan fingerprint density at radius 1 is 0.701 bits per heavy atom. The van der Waals surface area contributed by atoms with Crippen molar-refractivity contribution < 1.29 is 118 Å². The van der Waals surface area contributed by atoms with E-state index < -0.39 is 176 Å². The number of carbonyl (C=O) groups excluding carboxylic acids is 2.